The molecule has 0 aromatic rings. The summed E-state index contributed by atoms with van der Waals surface area (Å²) in [7, 11) is -4.61. The summed E-state index contributed by atoms with van der Waals surface area (Å²) in [4.78, 5) is 9.23. The van der Waals surface area contributed by atoms with Crippen LogP contribution in [0, 0.1) is 20.8 Å². The highest BCUT2D eigenvalue weighted by Gasteiger charge is 2.12. The lowest BCUT2D eigenvalue weighted by Crippen LogP contribution is -2.07. The van der Waals surface area contributed by atoms with Gasteiger partial charge in [-0.25, -0.2) is 0 Å². The van der Waals surface area contributed by atoms with Crippen LogP contribution in [0.25, 0.3) is 0 Å². The Balaban J connectivity index is 4.29. The van der Waals surface area contributed by atoms with Crippen molar-refractivity contribution < 1.29 is 17.8 Å². The van der Waals surface area contributed by atoms with Crippen LogP contribution in [0.1, 0.15) is 0 Å². The Kier molecular flexibility index (Phi) is 1.93. The molecule has 50 valence electrons. The molecule has 9 heavy (non-hydrogen) atoms. The second-order valence-electron chi connectivity index (χ2n) is 0.844. The molecule has 0 unspecified atom stereocenters. The molecule has 0 bridgehead atoms. The van der Waals surface area contributed by atoms with Crippen LogP contribution in [-0.2, 0) is 14.4 Å². The largest absolute Gasteiger partial charge is 0.398 e. The van der Waals surface area contributed by atoms with E-state index in [0.29, 0.717) is 5.40 Å². The van der Waals surface area contributed by atoms with Gasteiger partial charge in [0.2, 0.25) is 5.40 Å². The van der Waals surface area contributed by atoms with Gasteiger partial charge in [-0.15, -0.1) is 10.1 Å². The molecule has 0 aliphatic heterocycles. The van der Waals surface area contributed by atoms with Crippen LogP contribution in [0.15, 0.2) is 0 Å². The highest BCUT2D eigenvalue weighted by Crippen LogP contribution is 1.87. The number of nitriles is 1. The van der Waals surface area contributed by atoms with Gasteiger partial charge in [-0.05, 0) is 0 Å². The number of nitrogens with zero attached hydrogens (tertiary/aromatic N) is 2. The van der Waals surface area contributed by atoms with Crippen molar-refractivity contribution in [2.24, 2.45) is 0 Å². The van der Waals surface area contributed by atoms with Gasteiger partial charge in [0, 0.05) is 0 Å². The van der Waals surface area contributed by atoms with Gasteiger partial charge in [-0.3, -0.25) is 0 Å². The summed E-state index contributed by atoms with van der Waals surface area (Å²) in [6, 6.07) is 0. The number of thiocyanates is 1. The Morgan fingerprint density at radius 3 is 2.22 bits per heavy atom. The summed E-state index contributed by atoms with van der Waals surface area (Å²) in [5.74, 6) is 0. The first-order valence-electron chi connectivity index (χ1n) is 1.48. The van der Waals surface area contributed by atoms with E-state index in [1.165, 1.54) is 0 Å². The predicted octanol–water partition coefficient (Wildman–Crippen LogP) is -0.994. The van der Waals surface area contributed by atoms with Crippen molar-refractivity contribution in [2.45, 2.75) is 0 Å². The number of rotatable bonds is 2. The topological polar surface area (TPSA) is 110 Å². The summed E-state index contributed by atoms with van der Waals surface area (Å²) in [5, 5.41) is 15.8. The van der Waals surface area contributed by atoms with E-state index in [1.54, 1.807) is 0 Å². The predicted molar refractivity (Wildman–Crippen MR) is 22.6 cm³/mol. The smallest absolute Gasteiger partial charge is 0.185 e. The maximum atomic E-state index is 9.78. The molecule has 0 fully saturated rings. The Bertz CT molecular complexity index is 245. The van der Waals surface area contributed by atoms with Gasteiger partial charge in [-0.2, -0.15) is 18.0 Å². The molecule has 0 saturated heterocycles. The van der Waals surface area contributed by atoms with Crippen LogP contribution in [0.5, 0.6) is 0 Å². The quantitative estimate of drug-likeness (QED) is 0.217. The van der Waals surface area contributed by atoms with Gasteiger partial charge in [0.15, 0.2) is 0 Å². The molecule has 0 N–H and O–H groups in total. The molecule has 7 nitrogen and oxygen atoms in total. The lowest BCUT2D eigenvalue weighted by Gasteiger charge is -1.84. The summed E-state index contributed by atoms with van der Waals surface area (Å²) in [5.41, 5.74) is 0. The van der Waals surface area contributed by atoms with Gasteiger partial charge in [0.05, 0.1) is 0 Å². The van der Waals surface area contributed by atoms with Crippen molar-refractivity contribution in [3.63, 3.8) is 0 Å². The average molecular weight is 152 g/mol. The first-order valence-corrected chi connectivity index (χ1v) is 2.88. The van der Waals surface area contributed by atoms with E-state index in [0.717, 1.165) is 0 Å². The number of hydrogen-bond donors (Lipinski definition) is 0. The zero-order valence-electron chi connectivity index (χ0n) is 3.84. The Labute approximate surface area is 49.7 Å². The van der Waals surface area contributed by atoms with Crippen LogP contribution < -0.4 is 0 Å². The van der Waals surface area contributed by atoms with Crippen molar-refractivity contribution in [1.82, 2.24) is 0 Å². The van der Waals surface area contributed by atoms with Gasteiger partial charge < -0.3 is 0 Å². The van der Waals surface area contributed by atoms with Crippen molar-refractivity contribution in [3.05, 3.63) is 10.1 Å². The van der Waals surface area contributed by atoms with E-state index in [1.807, 2.05) is 0 Å². The lowest BCUT2D eigenvalue weighted by molar-refractivity contribution is -0.711. The summed E-state index contributed by atoms with van der Waals surface area (Å²) in [6.45, 7) is 0. The molecule has 0 rings (SSSR count). The minimum atomic E-state index is -4.61. The third-order valence-corrected chi connectivity index (χ3v) is 0.812. The van der Waals surface area contributed by atoms with Crippen molar-refractivity contribution in [3.8, 4) is 5.40 Å². The SMILES string of the molecule is N#CS(=O)(=O)O[N+](=O)[O-]. The molecule has 0 aliphatic rings. The molecule has 0 aromatic carbocycles. The van der Waals surface area contributed by atoms with Crippen LogP contribution in [0.2, 0.25) is 0 Å². The van der Waals surface area contributed by atoms with Gasteiger partial charge >= 0.3 is 15.2 Å². The van der Waals surface area contributed by atoms with Gasteiger partial charge in [-0.1, -0.05) is 0 Å². The molecule has 8 heteroatoms. The van der Waals surface area contributed by atoms with Crippen molar-refractivity contribution in [1.29, 1.82) is 5.26 Å². The molecule has 0 aliphatic carbocycles. The van der Waals surface area contributed by atoms with Gasteiger partial charge in [0.1, 0.15) is 0 Å². The zero-order valence-corrected chi connectivity index (χ0v) is 4.66. The monoisotopic (exact) mass is 152 g/mol. The molecule has 0 heterocycles. The normalized spacial score (nSPS) is 9.67. The van der Waals surface area contributed by atoms with E-state index in [4.69, 9.17) is 5.26 Å². The molecule has 0 saturated carbocycles. The molecule has 0 amide bonds. The molecule has 0 aromatic heterocycles. The Hall–Kier alpha value is -1.36. The van der Waals surface area contributed by atoms with E-state index < -0.39 is 15.2 Å². The van der Waals surface area contributed by atoms with Gasteiger partial charge in [0.25, 0.3) is 0 Å². The van der Waals surface area contributed by atoms with E-state index in [9.17, 15) is 18.5 Å². The Morgan fingerprint density at radius 1 is 1.67 bits per heavy atom. The second kappa shape index (κ2) is 2.27. The summed E-state index contributed by atoms with van der Waals surface area (Å²) in [6.07, 6.45) is 0. The minimum absolute atomic E-state index is 0.581. The van der Waals surface area contributed by atoms with Crippen LogP contribution in [-0.4, -0.2) is 13.5 Å². The van der Waals surface area contributed by atoms with E-state index in [-0.39, 0.29) is 0 Å². The highest BCUT2D eigenvalue weighted by atomic mass is 32.2. The fraction of sp³-hybridized carbons (Fsp3) is 0. The molecular formula is CN2O5S. The summed E-state index contributed by atoms with van der Waals surface area (Å²) < 4.78 is 22.5. The molecular weight excluding hydrogens is 152 g/mol. The fourth-order valence-electron chi connectivity index (χ4n) is 0.0968. The van der Waals surface area contributed by atoms with Crippen LogP contribution in [0.3, 0.4) is 0 Å². The lowest BCUT2D eigenvalue weighted by atomic mass is 11.8. The van der Waals surface area contributed by atoms with Crippen molar-refractivity contribution >= 4 is 10.1 Å². The third kappa shape index (κ3) is 3.24. The van der Waals surface area contributed by atoms with Crippen molar-refractivity contribution in [2.75, 3.05) is 0 Å². The molecule has 0 atom stereocenters. The zero-order chi connectivity index (χ0) is 7.49. The standard InChI is InChI=1S/CN2O5S/c2-1-9(6,7)8-3(4)5. The fourth-order valence-corrected chi connectivity index (χ4v) is 0.290. The third-order valence-electron chi connectivity index (χ3n) is 0.271. The maximum Gasteiger partial charge on any atom is 0.398 e. The summed E-state index contributed by atoms with van der Waals surface area (Å²) >= 11 is 0. The van der Waals surface area contributed by atoms with Crippen LogP contribution >= 0.6 is 0 Å². The second-order valence-corrected chi connectivity index (χ2v) is 2.08. The minimum Gasteiger partial charge on any atom is -0.185 e. The first kappa shape index (κ1) is 7.64. The maximum absolute atomic E-state index is 9.78. The molecule has 0 spiro atoms. The number of hydrogen-bond acceptors (Lipinski definition) is 6. The first-order chi connectivity index (χ1) is 3.98. The highest BCUT2D eigenvalue weighted by molar-refractivity contribution is 7.91. The van der Waals surface area contributed by atoms with E-state index >= 15 is 0 Å². The van der Waals surface area contributed by atoms with E-state index in [2.05, 4.69) is 4.28 Å². The van der Waals surface area contributed by atoms with Crippen LogP contribution in [0.4, 0.5) is 0 Å². The average Bonchev–Trinajstić information content (AvgIpc) is 1.63. The molecule has 0 radical (unpaired) electrons. The Morgan fingerprint density at radius 2 is 2.11 bits per heavy atom.